The number of nitriles is 1. The second kappa shape index (κ2) is 6.93. The van der Waals surface area contributed by atoms with Gasteiger partial charge in [0, 0.05) is 6.42 Å². The maximum Gasteiger partial charge on any atom is 0.122 e. The van der Waals surface area contributed by atoms with Gasteiger partial charge in [0.25, 0.3) is 0 Å². The van der Waals surface area contributed by atoms with E-state index in [9.17, 15) is 0 Å². The maximum atomic E-state index is 8.80. The molecule has 1 aromatic carbocycles. The number of hydrogen-bond acceptors (Lipinski definition) is 3. The molecule has 3 heteroatoms. The Kier molecular flexibility index (Phi) is 5.51. The Labute approximate surface area is 103 Å². The summed E-state index contributed by atoms with van der Waals surface area (Å²) in [5.74, 6) is 1.37. The fourth-order valence-corrected chi connectivity index (χ4v) is 1.65. The van der Waals surface area contributed by atoms with Gasteiger partial charge >= 0.3 is 0 Å². The van der Waals surface area contributed by atoms with Gasteiger partial charge in [-0.2, -0.15) is 5.26 Å². The molecule has 0 aromatic heterocycles. The summed E-state index contributed by atoms with van der Waals surface area (Å²) >= 11 is 0. The quantitative estimate of drug-likeness (QED) is 0.820. The summed E-state index contributed by atoms with van der Waals surface area (Å²) in [5.41, 5.74) is 1.21. The fourth-order valence-electron chi connectivity index (χ4n) is 1.65. The fraction of sp³-hybridized carbons (Fsp3) is 0.500. The third-order valence-corrected chi connectivity index (χ3v) is 2.71. The van der Waals surface area contributed by atoms with Crippen molar-refractivity contribution in [2.75, 3.05) is 13.7 Å². The first-order valence-corrected chi connectivity index (χ1v) is 5.97. The van der Waals surface area contributed by atoms with Gasteiger partial charge in [-0.1, -0.05) is 32.0 Å². The molecular weight excluding hydrogens is 212 g/mol. The van der Waals surface area contributed by atoms with E-state index in [1.165, 1.54) is 5.56 Å². The molecule has 1 unspecified atom stereocenters. The maximum absolute atomic E-state index is 8.80. The standard InChI is InChI=1S/C14H20N2O/c1-11(2)13-6-4-5-7-14(13)17-9-8-12(10-15)16-3/h4-7,11-12,16H,8-9H2,1-3H3. The molecule has 0 bridgehead atoms. The molecule has 17 heavy (non-hydrogen) atoms. The Balaban J connectivity index is 2.55. The van der Waals surface area contributed by atoms with E-state index in [2.05, 4.69) is 31.3 Å². The Morgan fingerprint density at radius 1 is 1.35 bits per heavy atom. The second-order valence-electron chi connectivity index (χ2n) is 4.30. The van der Waals surface area contributed by atoms with Gasteiger partial charge < -0.3 is 10.1 Å². The van der Waals surface area contributed by atoms with Gasteiger partial charge in [-0.3, -0.25) is 0 Å². The molecule has 0 saturated carbocycles. The average molecular weight is 232 g/mol. The first-order chi connectivity index (χ1) is 8.19. The normalized spacial score (nSPS) is 12.2. The van der Waals surface area contributed by atoms with E-state index >= 15 is 0 Å². The first kappa shape index (κ1) is 13.5. The molecule has 0 spiro atoms. The van der Waals surface area contributed by atoms with Crippen LogP contribution in [-0.4, -0.2) is 19.7 Å². The molecule has 0 saturated heterocycles. The lowest BCUT2D eigenvalue weighted by Gasteiger charge is -2.14. The molecule has 92 valence electrons. The third-order valence-electron chi connectivity index (χ3n) is 2.71. The highest BCUT2D eigenvalue weighted by atomic mass is 16.5. The minimum Gasteiger partial charge on any atom is -0.493 e. The molecule has 3 nitrogen and oxygen atoms in total. The highest BCUT2D eigenvalue weighted by Crippen LogP contribution is 2.25. The van der Waals surface area contributed by atoms with Crippen LogP contribution < -0.4 is 10.1 Å². The van der Waals surface area contributed by atoms with Crippen LogP contribution in [0.15, 0.2) is 24.3 Å². The van der Waals surface area contributed by atoms with Crippen molar-refractivity contribution in [2.24, 2.45) is 0 Å². The molecule has 0 heterocycles. The molecule has 1 aromatic rings. The van der Waals surface area contributed by atoms with Crippen molar-refractivity contribution >= 4 is 0 Å². The van der Waals surface area contributed by atoms with Crippen molar-refractivity contribution in [3.8, 4) is 11.8 Å². The van der Waals surface area contributed by atoms with Gasteiger partial charge in [-0.15, -0.1) is 0 Å². The van der Waals surface area contributed by atoms with E-state index in [-0.39, 0.29) is 6.04 Å². The molecule has 0 radical (unpaired) electrons. The van der Waals surface area contributed by atoms with Crippen molar-refractivity contribution in [2.45, 2.75) is 32.2 Å². The molecular formula is C14H20N2O. The largest absolute Gasteiger partial charge is 0.493 e. The van der Waals surface area contributed by atoms with Crippen LogP contribution in [0.4, 0.5) is 0 Å². The van der Waals surface area contributed by atoms with Gasteiger partial charge in [0.2, 0.25) is 0 Å². The summed E-state index contributed by atoms with van der Waals surface area (Å²) in [6.45, 7) is 4.85. The van der Waals surface area contributed by atoms with Gasteiger partial charge in [0.05, 0.1) is 18.7 Å². The van der Waals surface area contributed by atoms with E-state index in [4.69, 9.17) is 10.00 Å². The van der Waals surface area contributed by atoms with Crippen molar-refractivity contribution in [3.05, 3.63) is 29.8 Å². The lowest BCUT2D eigenvalue weighted by atomic mass is 10.0. The molecule has 1 N–H and O–H groups in total. The molecule has 1 rings (SSSR count). The Hall–Kier alpha value is -1.53. The van der Waals surface area contributed by atoms with Crippen LogP contribution in [0.5, 0.6) is 5.75 Å². The lowest BCUT2D eigenvalue weighted by Crippen LogP contribution is -2.25. The number of rotatable bonds is 6. The number of hydrogen-bond donors (Lipinski definition) is 1. The van der Waals surface area contributed by atoms with E-state index in [1.54, 1.807) is 7.05 Å². The van der Waals surface area contributed by atoms with Crippen LogP contribution >= 0.6 is 0 Å². The number of para-hydroxylation sites is 1. The summed E-state index contributed by atoms with van der Waals surface area (Å²) in [7, 11) is 1.79. The van der Waals surface area contributed by atoms with Gasteiger partial charge in [-0.25, -0.2) is 0 Å². The van der Waals surface area contributed by atoms with Gasteiger partial charge in [-0.05, 0) is 24.6 Å². The Morgan fingerprint density at radius 3 is 2.65 bits per heavy atom. The van der Waals surface area contributed by atoms with Crippen LogP contribution in [0.3, 0.4) is 0 Å². The topological polar surface area (TPSA) is 45.0 Å². The second-order valence-corrected chi connectivity index (χ2v) is 4.30. The zero-order chi connectivity index (χ0) is 12.7. The Morgan fingerprint density at radius 2 is 2.06 bits per heavy atom. The van der Waals surface area contributed by atoms with E-state index in [0.717, 1.165) is 5.75 Å². The molecule has 0 fully saturated rings. The minimum atomic E-state index is -0.138. The van der Waals surface area contributed by atoms with Crippen molar-refractivity contribution < 1.29 is 4.74 Å². The SMILES string of the molecule is CNC(C#N)CCOc1ccccc1C(C)C. The molecule has 0 aliphatic rings. The van der Waals surface area contributed by atoms with Crippen LogP contribution in [0, 0.1) is 11.3 Å². The number of nitrogens with one attached hydrogen (secondary N) is 1. The van der Waals surface area contributed by atoms with Crippen LogP contribution in [0.25, 0.3) is 0 Å². The predicted molar refractivity (Wildman–Crippen MR) is 69.1 cm³/mol. The first-order valence-electron chi connectivity index (χ1n) is 5.97. The highest BCUT2D eigenvalue weighted by molar-refractivity contribution is 5.35. The van der Waals surface area contributed by atoms with Gasteiger partial charge in [0.1, 0.15) is 5.75 Å². The summed E-state index contributed by atoms with van der Waals surface area (Å²) in [5, 5.41) is 11.7. The van der Waals surface area contributed by atoms with E-state index < -0.39 is 0 Å². The number of benzene rings is 1. The van der Waals surface area contributed by atoms with E-state index in [1.807, 2.05) is 18.2 Å². The lowest BCUT2D eigenvalue weighted by molar-refractivity contribution is 0.296. The minimum absolute atomic E-state index is 0.138. The molecule has 0 aliphatic heterocycles. The summed E-state index contributed by atoms with van der Waals surface area (Å²) in [6.07, 6.45) is 0.694. The van der Waals surface area contributed by atoms with E-state index in [0.29, 0.717) is 18.9 Å². The van der Waals surface area contributed by atoms with Crippen molar-refractivity contribution in [3.63, 3.8) is 0 Å². The monoisotopic (exact) mass is 232 g/mol. The number of nitrogens with zero attached hydrogens (tertiary/aromatic N) is 1. The van der Waals surface area contributed by atoms with Crippen LogP contribution in [0.1, 0.15) is 31.7 Å². The third kappa shape index (κ3) is 4.08. The van der Waals surface area contributed by atoms with Crippen molar-refractivity contribution in [1.82, 2.24) is 5.32 Å². The molecule has 0 amide bonds. The zero-order valence-corrected chi connectivity index (χ0v) is 10.7. The zero-order valence-electron chi connectivity index (χ0n) is 10.7. The molecule has 0 aliphatic carbocycles. The summed E-state index contributed by atoms with van der Waals surface area (Å²) in [4.78, 5) is 0. The van der Waals surface area contributed by atoms with Crippen molar-refractivity contribution in [1.29, 1.82) is 5.26 Å². The van der Waals surface area contributed by atoms with Gasteiger partial charge in [0.15, 0.2) is 0 Å². The highest BCUT2D eigenvalue weighted by Gasteiger charge is 2.08. The molecule has 1 atom stereocenters. The average Bonchev–Trinajstić information content (AvgIpc) is 2.35. The summed E-state index contributed by atoms with van der Waals surface area (Å²) < 4.78 is 5.74. The van der Waals surface area contributed by atoms with Crippen LogP contribution in [0.2, 0.25) is 0 Å². The number of ether oxygens (including phenoxy) is 1. The smallest absolute Gasteiger partial charge is 0.122 e. The predicted octanol–water partition coefficient (Wildman–Crippen LogP) is 2.69. The summed E-state index contributed by atoms with van der Waals surface area (Å²) in [6, 6.07) is 10.1. The Bertz CT molecular complexity index is 382. The van der Waals surface area contributed by atoms with Crippen LogP contribution in [-0.2, 0) is 0 Å².